The summed E-state index contributed by atoms with van der Waals surface area (Å²) in [5.74, 6) is 0.414. The van der Waals surface area contributed by atoms with Crippen LogP contribution in [0.25, 0.3) is 0 Å². The molecule has 1 amide bonds. The molecule has 0 radical (unpaired) electrons. The van der Waals surface area contributed by atoms with Gasteiger partial charge in [-0.15, -0.1) is 0 Å². The van der Waals surface area contributed by atoms with Gasteiger partial charge in [-0.1, -0.05) is 31.2 Å². The van der Waals surface area contributed by atoms with Crippen molar-refractivity contribution in [2.75, 3.05) is 12.9 Å². The van der Waals surface area contributed by atoms with Crippen LogP contribution in [0.15, 0.2) is 53.4 Å². The average Bonchev–Trinajstić information content (AvgIpc) is 2.59. The Morgan fingerprint density at radius 2 is 1.68 bits per heavy atom. The van der Waals surface area contributed by atoms with E-state index in [1.165, 1.54) is 5.56 Å². The Labute approximate surface area is 148 Å². The maximum absolute atomic E-state index is 12.0. The second-order valence-electron chi connectivity index (χ2n) is 5.92. The highest BCUT2D eigenvalue weighted by atomic mass is 32.2. The van der Waals surface area contributed by atoms with E-state index < -0.39 is 9.84 Å². The lowest BCUT2D eigenvalue weighted by molar-refractivity contribution is -0.123. The number of rotatable bonds is 7. The van der Waals surface area contributed by atoms with Crippen LogP contribution in [0.1, 0.15) is 31.0 Å². The Bertz CT molecular complexity index is 812. The Morgan fingerprint density at radius 1 is 1.08 bits per heavy atom. The zero-order valence-electron chi connectivity index (χ0n) is 14.7. The number of nitrogens with one attached hydrogen (secondary N) is 1. The molecule has 2 rings (SSSR count). The molecule has 6 heteroatoms. The second-order valence-corrected chi connectivity index (χ2v) is 7.93. The van der Waals surface area contributed by atoms with E-state index in [4.69, 9.17) is 4.74 Å². The van der Waals surface area contributed by atoms with Gasteiger partial charge in [0, 0.05) is 6.26 Å². The van der Waals surface area contributed by atoms with Gasteiger partial charge in [0.1, 0.15) is 5.75 Å². The van der Waals surface area contributed by atoms with E-state index in [-0.39, 0.29) is 23.5 Å². The van der Waals surface area contributed by atoms with Crippen LogP contribution in [-0.2, 0) is 21.1 Å². The molecule has 2 aromatic carbocycles. The van der Waals surface area contributed by atoms with E-state index in [9.17, 15) is 13.2 Å². The molecule has 0 fully saturated rings. The van der Waals surface area contributed by atoms with E-state index in [1.54, 1.807) is 24.3 Å². The smallest absolute Gasteiger partial charge is 0.258 e. The van der Waals surface area contributed by atoms with Crippen molar-refractivity contribution in [1.29, 1.82) is 0 Å². The number of benzene rings is 2. The largest absolute Gasteiger partial charge is 0.484 e. The third-order valence-corrected chi connectivity index (χ3v) is 5.02. The normalized spacial score (nSPS) is 12.4. The third-order valence-electron chi connectivity index (χ3n) is 3.89. The van der Waals surface area contributed by atoms with Crippen molar-refractivity contribution in [3.8, 4) is 5.75 Å². The molecule has 0 aliphatic carbocycles. The first-order valence-corrected chi connectivity index (χ1v) is 10.00. The number of hydrogen-bond donors (Lipinski definition) is 1. The van der Waals surface area contributed by atoms with Gasteiger partial charge in [0.15, 0.2) is 16.4 Å². The summed E-state index contributed by atoms with van der Waals surface area (Å²) in [4.78, 5) is 12.3. The quantitative estimate of drug-likeness (QED) is 0.823. The molecule has 0 aliphatic rings. The van der Waals surface area contributed by atoms with E-state index in [1.807, 2.05) is 31.2 Å². The van der Waals surface area contributed by atoms with E-state index in [0.29, 0.717) is 5.75 Å². The van der Waals surface area contributed by atoms with Crippen LogP contribution < -0.4 is 10.1 Å². The first-order chi connectivity index (χ1) is 11.8. The third kappa shape index (κ3) is 5.60. The van der Waals surface area contributed by atoms with Crippen LogP contribution in [0.3, 0.4) is 0 Å². The average molecular weight is 361 g/mol. The van der Waals surface area contributed by atoms with Gasteiger partial charge in [-0.05, 0) is 48.7 Å². The molecule has 1 atom stereocenters. The fraction of sp³-hybridized carbons (Fsp3) is 0.316. The van der Waals surface area contributed by atoms with Crippen molar-refractivity contribution in [3.63, 3.8) is 0 Å². The van der Waals surface area contributed by atoms with Crippen molar-refractivity contribution >= 4 is 15.7 Å². The maximum atomic E-state index is 12.0. The molecule has 25 heavy (non-hydrogen) atoms. The van der Waals surface area contributed by atoms with Crippen LogP contribution in [-0.4, -0.2) is 27.2 Å². The fourth-order valence-electron chi connectivity index (χ4n) is 2.34. The zero-order chi connectivity index (χ0) is 18.4. The summed E-state index contributed by atoms with van der Waals surface area (Å²) < 4.78 is 28.4. The van der Waals surface area contributed by atoms with Crippen molar-refractivity contribution < 1.29 is 17.9 Å². The number of carbonyl (C=O) groups excluding carboxylic acids is 1. The summed E-state index contributed by atoms with van der Waals surface area (Å²) >= 11 is 0. The van der Waals surface area contributed by atoms with Gasteiger partial charge in [0.05, 0.1) is 10.9 Å². The molecule has 0 aliphatic heterocycles. The van der Waals surface area contributed by atoms with Crippen molar-refractivity contribution in [2.24, 2.45) is 0 Å². The van der Waals surface area contributed by atoms with E-state index in [2.05, 4.69) is 12.2 Å². The van der Waals surface area contributed by atoms with Crippen LogP contribution in [0.5, 0.6) is 5.75 Å². The summed E-state index contributed by atoms with van der Waals surface area (Å²) in [7, 11) is -3.22. The Balaban J connectivity index is 1.88. The zero-order valence-corrected chi connectivity index (χ0v) is 15.5. The Kier molecular flexibility index (Phi) is 6.20. The van der Waals surface area contributed by atoms with E-state index >= 15 is 0 Å². The number of ether oxygens (including phenoxy) is 1. The topological polar surface area (TPSA) is 72.5 Å². The molecule has 2 aromatic rings. The minimum absolute atomic E-state index is 0.0722. The molecule has 134 valence electrons. The lowest BCUT2D eigenvalue weighted by Gasteiger charge is -2.15. The highest BCUT2D eigenvalue weighted by molar-refractivity contribution is 7.90. The lowest BCUT2D eigenvalue weighted by atomic mass is 10.1. The number of hydrogen-bond acceptors (Lipinski definition) is 4. The van der Waals surface area contributed by atoms with Gasteiger partial charge < -0.3 is 10.1 Å². The van der Waals surface area contributed by atoms with Gasteiger partial charge in [0.2, 0.25) is 0 Å². The van der Waals surface area contributed by atoms with E-state index in [0.717, 1.165) is 18.2 Å². The molecule has 1 unspecified atom stereocenters. The predicted octanol–water partition coefficient (Wildman–Crippen LogP) is 2.91. The molecular weight excluding hydrogens is 338 g/mol. The fourth-order valence-corrected chi connectivity index (χ4v) is 2.97. The lowest BCUT2D eigenvalue weighted by Crippen LogP contribution is -2.31. The number of amides is 1. The molecule has 0 saturated heterocycles. The van der Waals surface area contributed by atoms with Gasteiger partial charge in [-0.25, -0.2) is 8.42 Å². The van der Waals surface area contributed by atoms with Crippen LogP contribution in [0.2, 0.25) is 0 Å². The van der Waals surface area contributed by atoms with Crippen LogP contribution in [0, 0.1) is 0 Å². The summed E-state index contributed by atoms with van der Waals surface area (Å²) in [5, 5.41) is 2.83. The molecular formula is C19H23NO4S. The minimum Gasteiger partial charge on any atom is -0.484 e. The second kappa shape index (κ2) is 8.16. The molecule has 0 saturated carbocycles. The number of carbonyl (C=O) groups is 1. The van der Waals surface area contributed by atoms with Crippen molar-refractivity contribution in [2.45, 2.75) is 31.2 Å². The number of sulfone groups is 1. The first kappa shape index (κ1) is 19.0. The highest BCUT2D eigenvalue weighted by Gasteiger charge is 2.12. The van der Waals surface area contributed by atoms with Crippen molar-refractivity contribution in [1.82, 2.24) is 5.32 Å². The highest BCUT2D eigenvalue weighted by Crippen LogP contribution is 2.16. The van der Waals surface area contributed by atoms with Crippen LogP contribution in [0.4, 0.5) is 0 Å². The van der Waals surface area contributed by atoms with Gasteiger partial charge in [0.25, 0.3) is 5.91 Å². The molecule has 1 N–H and O–H groups in total. The van der Waals surface area contributed by atoms with Gasteiger partial charge in [-0.2, -0.15) is 0 Å². The summed E-state index contributed by atoms with van der Waals surface area (Å²) in [6.45, 7) is 3.84. The molecule has 0 heterocycles. The summed E-state index contributed by atoms with van der Waals surface area (Å²) in [6, 6.07) is 13.9. The Morgan fingerprint density at radius 3 is 2.20 bits per heavy atom. The first-order valence-electron chi connectivity index (χ1n) is 8.10. The predicted molar refractivity (Wildman–Crippen MR) is 97.4 cm³/mol. The van der Waals surface area contributed by atoms with Gasteiger partial charge >= 0.3 is 0 Å². The molecule has 5 nitrogen and oxygen atoms in total. The molecule has 0 bridgehead atoms. The van der Waals surface area contributed by atoms with Gasteiger partial charge in [-0.3, -0.25) is 4.79 Å². The number of aryl methyl sites for hydroxylation is 1. The maximum Gasteiger partial charge on any atom is 0.258 e. The Hall–Kier alpha value is -2.34. The SMILES string of the molecule is CCc1ccc(OCC(=O)NC(C)c2ccc(S(C)(=O)=O)cc2)cc1. The minimum atomic E-state index is -3.22. The molecule has 0 spiro atoms. The summed E-state index contributed by atoms with van der Waals surface area (Å²) in [6.07, 6.45) is 2.12. The summed E-state index contributed by atoms with van der Waals surface area (Å²) in [5.41, 5.74) is 2.04. The molecule has 0 aromatic heterocycles. The monoisotopic (exact) mass is 361 g/mol. The van der Waals surface area contributed by atoms with Crippen LogP contribution >= 0.6 is 0 Å². The standard InChI is InChI=1S/C19H23NO4S/c1-4-15-5-9-17(10-6-15)24-13-19(21)20-14(2)16-7-11-18(12-8-16)25(3,22)23/h5-12,14H,4,13H2,1-3H3,(H,20,21). The van der Waals surface area contributed by atoms with Crippen molar-refractivity contribution in [3.05, 3.63) is 59.7 Å².